The second-order valence-electron chi connectivity index (χ2n) is 7.81. The van der Waals surface area contributed by atoms with Crippen LogP contribution in [0.2, 0.25) is 0 Å². The van der Waals surface area contributed by atoms with Gasteiger partial charge in [0.25, 0.3) is 11.8 Å². The van der Waals surface area contributed by atoms with Gasteiger partial charge in [-0.1, -0.05) is 43.0 Å². The fourth-order valence-electron chi connectivity index (χ4n) is 4.08. The van der Waals surface area contributed by atoms with Crippen LogP contribution in [0.25, 0.3) is 0 Å². The Kier molecular flexibility index (Phi) is 5.97. The minimum Gasteiger partial charge on any atom is -0.363 e. The lowest BCUT2D eigenvalue weighted by atomic mass is 10.1. The monoisotopic (exact) mass is 421 g/mol. The molecule has 5 nitrogen and oxygen atoms in total. The molecule has 0 atom stereocenters. The van der Waals surface area contributed by atoms with Gasteiger partial charge in [-0.15, -0.1) is 0 Å². The number of carbonyl (C=O) groups excluding carboxylic acids is 2. The summed E-state index contributed by atoms with van der Waals surface area (Å²) in [5.74, 6) is -0.444. The van der Waals surface area contributed by atoms with E-state index in [1.54, 1.807) is 0 Å². The fraction of sp³-hybridized carbons (Fsp3) is 0.333. The first-order valence-electron chi connectivity index (χ1n) is 10.4. The zero-order chi connectivity index (χ0) is 21.3. The Morgan fingerprint density at radius 3 is 2.10 bits per heavy atom. The van der Waals surface area contributed by atoms with Gasteiger partial charge in [0.2, 0.25) is 0 Å². The molecule has 0 saturated carbocycles. The third-order valence-electron chi connectivity index (χ3n) is 5.58. The van der Waals surface area contributed by atoms with Crippen molar-refractivity contribution >= 4 is 29.3 Å². The van der Waals surface area contributed by atoms with Crippen LogP contribution < -0.4 is 4.90 Å². The van der Waals surface area contributed by atoms with Gasteiger partial charge in [0.15, 0.2) is 0 Å². The van der Waals surface area contributed by atoms with Crippen molar-refractivity contribution in [2.45, 2.75) is 25.7 Å². The SMILES string of the molecule is CCN1CCN(C2=C(Sc3ccccc3)C(=O)N(c3cc(C)cc(C)c3)C2=O)CC1. The van der Waals surface area contributed by atoms with Gasteiger partial charge in [-0.2, -0.15) is 0 Å². The van der Waals surface area contributed by atoms with Crippen LogP contribution in [0, 0.1) is 13.8 Å². The van der Waals surface area contributed by atoms with Gasteiger partial charge in [-0.05, 0) is 55.8 Å². The molecule has 2 aliphatic heterocycles. The zero-order valence-electron chi connectivity index (χ0n) is 17.7. The number of hydrogen-bond acceptors (Lipinski definition) is 5. The molecular formula is C24H27N3O2S. The van der Waals surface area contributed by atoms with Crippen molar-refractivity contribution in [2.24, 2.45) is 0 Å². The van der Waals surface area contributed by atoms with Gasteiger partial charge in [0, 0.05) is 31.1 Å². The number of hydrogen-bond donors (Lipinski definition) is 0. The lowest BCUT2D eigenvalue weighted by molar-refractivity contribution is -0.121. The molecule has 2 amide bonds. The van der Waals surface area contributed by atoms with Gasteiger partial charge in [-0.3, -0.25) is 9.59 Å². The third-order valence-corrected chi connectivity index (χ3v) is 6.66. The van der Waals surface area contributed by atoms with Crippen LogP contribution in [0.5, 0.6) is 0 Å². The number of imide groups is 1. The van der Waals surface area contributed by atoms with E-state index in [0.717, 1.165) is 48.7 Å². The Balaban J connectivity index is 1.72. The average Bonchev–Trinajstić information content (AvgIpc) is 2.97. The minimum atomic E-state index is -0.230. The minimum absolute atomic E-state index is 0.214. The van der Waals surface area contributed by atoms with E-state index in [1.807, 2.05) is 62.4 Å². The summed E-state index contributed by atoms with van der Waals surface area (Å²) in [7, 11) is 0. The molecule has 0 bridgehead atoms. The van der Waals surface area contributed by atoms with Gasteiger partial charge >= 0.3 is 0 Å². The highest BCUT2D eigenvalue weighted by molar-refractivity contribution is 8.04. The predicted octanol–water partition coefficient (Wildman–Crippen LogP) is 3.82. The van der Waals surface area contributed by atoms with E-state index in [-0.39, 0.29) is 11.8 Å². The zero-order valence-corrected chi connectivity index (χ0v) is 18.5. The van der Waals surface area contributed by atoms with Crippen LogP contribution in [0.3, 0.4) is 0 Å². The van der Waals surface area contributed by atoms with Crippen molar-refractivity contribution in [3.05, 3.63) is 70.3 Å². The molecule has 6 heteroatoms. The molecular weight excluding hydrogens is 394 g/mol. The lowest BCUT2D eigenvalue weighted by Gasteiger charge is -2.35. The molecule has 0 N–H and O–H groups in total. The number of amides is 2. The lowest BCUT2D eigenvalue weighted by Crippen LogP contribution is -2.47. The first kappa shape index (κ1) is 20.7. The topological polar surface area (TPSA) is 43.9 Å². The maximum absolute atomic E-state index is 13.6. The number of likely N-dealkylation sites (N-methyl/N-ethyl adjacent to an activating group) is 1. The van der Waals surface area contributed by atoms with Crippen LogP contribution in [0.1, 0.15) is 18.1 Å². The molecule has 2 aromatic rings. The van der Waals surface area contributed by atoms with Crippen molar-refractivity contribution in [2.75, 3.05) is 37.6 Å². The number of nitrogens with zero attached hydrogens (tertiary/aromatic N) is 3. The first-order valence-corrected chi connectivity index (χ1v) is 11.2. The highest BCUT2D eigenvalue weighted by Gasteiger charge is 2.43. The molecule has 0 radical (unpaired) electrons. The quantitative estimate of drug-likeness (QED) is 0.687. The number of benzene rings is 2. The summed E-state index contributed by atoms with van der Waals surface area (Å²) in [5, 5.41) is 0. The number of piperazine rings is 1. The summed E-state index contributed by atoms with van der Waals surface area (Å²) < 4.78 is 0. The van der Waals surface area contributed by atoms with Gasteiger partial charge in [0.05, 0.1) is 5.69 Å². The number of rotatable bonds is 5. The highest BCUT2D eigenvalue weighted by Crippen LogP contribution is 2.39. The first-order chi connectivity index (χ1) is 14.5. The molecule has 1 saturated heterocycles. The van der Waals surface area contributed by atoms with Crippen LogP contribution in [0.4, 0.5) is 5.69 Å². The van der Waals surface area contributed by atoms with Crippen molar-refractivity contribution in [3.8, 4) is 0 Å². The summed E-state index contributed by atoms with van der Waals surface area (Å²) >= 11 is 1.39. The number of anilines is 1. The molecule has 1 fully saturated rings. The molecule has 0 aliphatic carbocycles. The molecule has 156 valence electrons. The molecule has 4 rings (SSSR count). The largest absolute Gasteiger partial charge is 0.363 e. The standard InChI is InChI=1S/C24H27N3O2S/c1-4-25-10-12-26(13-11-25)21-22(30-20-8-6-5-7-9-20)24(29)27(23(21)28)19-15-17(2)14-18(3)16-19/h5-9,14-16H,4,10-13H2,1-3H3. The predicted molar refractivity (Wildman–Crippen MR) is 121 cm³/mol. The van der Waals surface area contributed by atoms with E-state index >= 15 is 0 Å². The van der Waals surface area contributed by atoms with Gasteiger partial charge in [0.1, 0.15) is 10.6 Å². The number of thioether (sulfide) groups is 1. The van der Waals surface area contributed by atoms with Crippen LogP contribution in [-0.4, -0.2) is 54.3 Å². The molecule has 2 aromatic carbocycles. The van der Waals surface area contributed by atoms with E-state index in [9.17, 15) is 9.59 Å². The molecule has 0 aromatic heterocycles. The molecule has 0 unspecified atom stereocenters. The van der Waals surface area contributed by atoms with E-state index in [2.05, 4.69) is 16.7 Å². The number of carbonyl (C=O) groups is 2. The van der Waals surface area contributed by atoms with Gasteiger partial charge < -0.3 is 9.80 Å². The van der Waals surface area contributed by atoms with E-state index < -0.39 is 0 Å². The molecule has 0 spiro atoms. The summed E-state index contributed by atoms with van der Waals surface area (Å²) in [4.78, 5) is 34.4. The second-order valence-corrected chi connectivity index (χ2v) is 8.89. The second kappa shape index (κ2) is 8.66. The Morgan fingerprint density at radius 1 is 0.867 bits per heavy atom. The summed E-state index contributed by atoms with van der Waals surface area (Å²) in [5.41, 5.74) is 3.26. The maximum atomic E-state index is 13.6. The molecule has 2 aliphatic rings. The van der Waals surface area contributed by atoms with Gasteiger partial charge in [-0.25, -0.2) is 4.90 Å². The van der Waals surface area contributed by atoms with Crippen LogP contribution >= 0.6 is 11.8 Å². The van der Waals surface area contributed by atoms with E-state index in [4.69, 9.17) is 0 Å². The van der Waals surface area contributed by atoms with Crippen molar-refractivity contribution < 1.29 is 9.59 Å². The Labute approximate surface area is 182 Å². The van der Waals surface area contributed by atoms with Crippen molar-refractivity contribution in [3.63, 3.8) is 0 Å². The summed E-state index contributed by atoms with van der Waals surface area (Å²) in [6.45, 7) is 10.4. The normalized spacial score (nSPS) is 18.0. The Morgan fingerprint density at radius 2 is 1.50 bits per heavy atom. The number of aryl methyl sites for hydroxylation is 2. The Hall–Kier alpha value is -2.57. The fourth-order valence-corrected chi connectivity index (χ4v) is 5.10. The molecule has 2 heterocycles. The third kappa shape index (κ3) is 4.02. The smallest absolute Gasteiger partial charge is 0.283 e. The van der Waals surface area contributed by atoms with Crippen LogP contribution in [0.15, 0.2) is 64.0 Å². The van der Waals surface area contributed by atoms with Crippen molar-refractivity contribution in [1.82, 2.24) is 9.80 Å². The highest BCUT2D eigenvalue weighted by atomic mass is 32.2. The summed E-state index contributed by atoms with van der Waals surface area (Å²) in [6.07, 6.45) is 0. The van der Waals surface area contributed by atoms with E-state index in [1.165, 1.54) is 16.7 Å². The van der Waals surface area contributed by atoms with E-state index in [0.29, 0.717) is 16.3 Å². The average molecular weight is 422 g/mol. The summed E-state index contributed by atoms with van der Waals surface area (Å²) in [6, 6.07) is 15.7. The van der Waals surface area contributed by atoms with Crippen LogP contribution in [-0.2, 0) is 9.59 Å². The maximum Gasteiger partial charge on any atom is 0.283 e. The van der Waals surface area contributed by atoms with Crippen molar-refractivity contribution in [1.29, 1.82) is 0 Å². The molecule has 30 heavy (non-hydrogen) atoms. The Bertz CT molecular complexity index is 975.